The van der Waals surface area contributed by atoms with E-state index in [0.717, 1.165) is 4.88 Å². The Labute approximate surface area is 162 Å². The van der Waals surface area contributed by atoms with Crippen LogP contribution >= 0.6 is 22.9 Å². The molecule has 1 N–H and O–H groups in total. The van der Waals surface area contributed by atoms with Crippen LogP contribution in [0.15, 0.2) is 41.3 Å². The minimum Gasteiger partial charge on any atom is -0.383 e. The van der Waals surface area contributed by atoms with Gasteiger partial charge in [-0.1, -0.05) is 11.6 Å². The zero-order valence-corrected chi connectivity index (χ0v) is 17.0. The molecule has 9 heteroatoms. The highest BCUT2D eigenvalue weighted by molar-refractivity contribution is 7.89. The molecule has 0 saturated carbocycles. The lowest BCUT2D eigenvalue weighted by atomic mass is 10.2. The zero-order valence-electron chi connectivity index (χ0n) is 14.6. The zero-order chi connectivity index (χ0) is 19.2. The Balaban J connectivity index is 2.09. The van der Waals surface area contributed by atoms with Gasteiger partial charge < -0.3 is 9.64 Å². The third-order valence-electron chi connectivity index (χ3n) is 3.65. The molecule has 1 amide bonds. The maximum atomic E-state index is 12.7. The van der Waals surface area contributed by atoms with Crippen molar-refractivity contribution in [1.29, 1.82) is 0 Å². The van der Waals surface area contributed by atoms with E-state index in [2.05, 4.69) is 4.72 Å². The third-order valence-corrected chi connectivity index (χ3v) is 6.35. The summed E-state index contributed by atoms with van der Waals surface area (Å²) in [4.78, 5) is 15.5. The van der Waals surface area contributed by atoms with Crippen LogP contribution in [-0.4, -0.2) is 46.0 Å². The van der Waals surface area contributed by atoms with Crippen molar-refractivity contribution in [2.75, 3.05) is 26.8 Å². The fourth-order valence-corrected chi connectivity index (χ4v) is 4.39. The molecule has 0 radical (unpaired) electrons. The van der Waals surface area contributed by atoms with E-state index in [1.165, 1.54) is 42.7 Å². The van der Waals surface area contributed by atoms with Crippen LogP contribution in [0.25, 0.3) is 0 Å². The molecule has 1 aromatic carbocycles. The lowest BCUT2D eigenvalue weighted by Gasteiger charge is -2.20. The molecule has 0 bridgehead atoms. The predicted octanol–water partition coefficient (Wildman–Crippen LogP) is 2.99. The van der Waals surface area contributed by atoms with Crippen LogP contribution in [-0.2, 0) is 21.3 Å². The van der Waals surface area contributed by atoms with Gasteiger partial charge in [-0.05, 0) is 43.3 Å². The number of amides is 1. The standard InChI is InChI=1S/C17H21ClN2O4S2/c1-3-20(12-14-6-9-16(18)25-14)17(21)13-4-7-15(8-5-13)26(22,23)19-10-11-24-2/h4-9,19H,3,10-12H2,1-2H3. The quantitative estimate of drug-likeness (QED) is 0.637. The molecule has 0 atom stereocenters. The van der Waals surface area contributed by atoms with Gasteiger partial charge in [-0.2, -0.15) is 0 Å². The monoisotopic (exact) mass is 416 g/mol. The van der Waals surface area contributed by atoms with Crippen LogP contribution in [0.4, 0.5) is 0 Å². The molecule has 2 rings (SSSR count). The van der Waals surface area contributed by atoms with Gasteiger partial charge in [0.05, 0.1) is 22.4 Å². The minimum atomic E-state index is -3.61. The van der Waals surface area contributed by atoms with E-state index in [1.807, 2.05) is 13.0 Å². The number of sulfonamides is 1. The summed E-state index contributed by atoms with van der Waals surface area (Å²) in [6.07, 6.45) is 0. The van der Waals surface area contributed by atoms with Crippen LogP contribution in [0, 0.1) is 0 Å². The molecule has 0 saturated heterocycles. The number of hydrogen-bond acceptors (Lipinski definition) is 5. The molecule has 0 fully saturated rings. The number of nitrogens with zero attached hydrogens (tertiary/aromatic N) is 1. The number of carbonyl (C=O) groups is 1. The number of ether oxygens (including phenoxy) is 1. The van der Waals surface area contributed by atoms with E-state index in [-0.39, 0.29) is 24.0 Å². The van der Waals surface area contributed by atoms with Crippen LogP contribution in [0.3, 0.4) is 0 Å². The number of methoxy groups -OCH3 is 1. The molecule has 0 unspecified atom stereocenters. The first-order valence-electron chi connectivity index (χ1n) is 7.99. The second-order valence-electron chi connectivity index (χ2n) is 5.44. The van der Waals surface area contributed by atoms with Crippen LogP contribution in [0.1, 0.15) is 22.2 Å². The summed E-state index contributed by atoms with van der Waals surface area (Å²) in [6.45, 7) is 3.37. The van der Waals surface area contributed by atoms with Gasteiger partial charge in [0.25, 0.3) is 5.91 Å². The van der Waals surface area contributed by atoms with Gasteiger partial charge >= 0.3 is 0 Å². The maximum Gasteiger partial charge on any atom is 0.254 e. The number of nitrogens with one attached hydrogen (secondary N) is 1. The third kappa shape index (κ3) is 5.52. The second-order valence-corrected chi connectivity index (χ2v) is 9.01. The van der Waals surface area contributed by atoms with Gasteiger partial charge in [0, 0.05) is 30.6 Å². The summed E-state index contributed by atoms with van der Waals surface area (Å²) in [5.74, 6) is -0.159. The summed E-state index contributed by atoms with van der Waals surface area (Å²) in [5.41, 5.74) is 0.436. The van der Waals surface area contributed by atoms with Crippen molar-refractivity contribution in [3.05, 3.63) is 51.2 Å². The van der Waals surface area contributed by atoms with Crippen molar-refractivity contribution in [2.45, 2.75) is 18.4 Å². The first-order valence-corrected chi connectivity index (χ1v) is 10.7. The molecule has 6 nitrogen and oxygen atoms in total. The largest absolute Gasteiger partial charge is 0.383 e. The predicted molar refractivity (Wildman–Crippen MR) is 103 cm³/mol. The Bertz CT molecular complexity index is 835. The summed E-state index contributed by atoms with van der Waals surface area (Å²) in [5, 5.41) is 0. The molecular weight excluding hydrogens is 396 g/mol. The lowest BCUT2D eigenvalue weighted by molar-refractivity contribution is 0.0754. The first kappa shape index (κ1) is 20.9. The fraction of sp³-hybridized carbons (Fsp3) is 0.353. The van der Waals surface area contributed by atoms with E-state index < -0.39 is 10.0 Å². The van der Waals surface area contributed by atoms with Gasteiger partial charge in [0.15, 0.2) is 0 Å². The van der Waals surface area contributed by atoms with Gasteiger partial charge in [0.1, 0.15) is 0 Å². The summed E-state index contributed by atoms with van der Waals surface area (Å²) in [6, 6.07) is 9.60. The van der Waals surface area contributed by atoms with E-state index in [0.29, 0.717) is 23.0 Å². The van der Waals surface area contributed by atoms with Crippen molar-refractivity contribution in [3.63, 3.8) is 0 Å². The van der Waals surface area contributed by atoms with Gasteiger partial charge in [-0.3, -0.25) is 4.79 Å². The maximum absolute atomic E-state index is 12.7. The molecule has 0 aliphatic carbocycles. The molecule has 0 aliphatic heterocycles. The van der Waals surface area contributed by atoms with Crippen molar-refractivity contribution >= 4 is 38.9 Å². The van der Waals surface area contributed by atoms with Gasteiger partial charge in [-0.25, -0.2) is 13.1 Å². The number of thiophene rings is 1. The van der Waals surface area contributed by atoms with Crippen LogP contribution < -0.4 is 4.72 Å². The van der Waals surface area contributed by atoms with E-state index in [9.17, 15) is 13.2 Å². The van der Waals surface area contributed by atoms with Crippen LogP contribution in [0.5, 0.6) is 0 Å². The highest BCUT2D eigenvalue weighted by Crippen LogP contribution is 2.23. The lowest BCUT2D eigenvalue weighted by Crippen LogP contribution is -2.30. The molecule has 142 valence electrons. The smallest absolute Gasteiger partial charge is 0.254 e. The van der Waals surface area contributed by atoms with Gasteiger partial charge in [-0.15, -0.1) is 11.3 Å². The Morgan fingerprint density at radius 1 is 1.23 bits per heavy atom. The Morgan fingerprint density at radius 3 is 2.46 bits per heavy atom. The Morgan fingerprint density at radius 2 is 1.92 bits per heavy atom. The molecule has 26 heavy (non-hydrogen) atoms. The topological polar surface area (TPSA) is 75.7 Å². The number of rotatable bonds is 9. The van der Waals surface area contributed by atoms with E-state index in [1.54, 1.807) is 11.0 Å². The normalized spacial score (nSPS) is 11.5. The number of halogens is 1. The average molecular weight is 417 g/mol. The molecule has 1 heterocycles. The highest BCUT2D eigenvalue weighted by Gasteiger charge is 2.18. The fourth-order valence-electron chi connectivity index (χ4n) is 2.27. The SMILES string of the molecule is CCN(Cc1ccc(Cl)s1)C(=O)c1ccc(S(=O)(=O)NCCOC)cc1. The number of benzene rings is 1. The van der Waals surface area contributed by atoms with Crippen molar-refractivity contribution in [2.24, 2.45) is 0 Å². The van der Waals surface area contributed by atoms with Crippen molar-refractivity contribution in [1.82, 2.24) is 9.62 Å². The minimum absolute atomic E-state index is 0.109. The van der Waals surface area contributed by atoms with Crippen molar-refractivity contribution < 1.29 is 17.9 Å². The average Bonchev–Trinajstić information content (AvgIpc) is 3.04. The molecular formula is C17H21ClN2O4S2. The van der Waals surface area contributed by atoms with Crippen LogP contribution in [0.2, 0.25) is 4.34 Å². The summed E-state index contributed by atoms with van der Waals surface area (Å²) < 4.78 is 32.2. The number of hydrogen-bond donors (Lipinski definition) is 1. The Hall–Kier alpha value is -1.45. The van der Waals surface area contributed by atoms with E-state index in [4.69, 9.17) is 16.3 Å². The summed E-state index contributed by atoms with van der Waals surface area (Å²) in [7, 11) is -2.12. The molecule has 1 aromatic heterocycles. The summed E-state index contributed by atoms with van der Waals surface area (Å²) >= 11 is 7.37. The van der Waals surface area contributed by atoms with E-state index >= 15 is 0 Å². The molecule has 2 aromatic rings. The van der Waals surface area contributed by atoms with Crippen molar-refractivity contribution in [3.8, 4) is 0 Å². The van der Waals surface area contributed by atoms with Gasteiger partial charge in [0.2, 0.25) is 10.0 Å². The highest BCUT2D eigenvalue weighted by atomic mass is 35.5. The molecule has 0 aliphatic rings. The second kappa shape index (κ2) is 9.48. The molecule has 0 spiro atoms. The number of carbonyl (C=O) groups excluding carboxylic acids is 1. The Kier molecular flexibility index (Phi) is 7.60. The first-order chi connectivity index (χ1) is 12.4.